The van der Waals surface area contributed by atoms with E-state index in [2.05, 4.69) is 10.2 Å². The Morgan fingerprint density at radius 1 is 1.30 bits per heavy atom. The summed E-state index contributed by atoms with van der Waals surface area (Å²) < 4.78 is 5.20. The number of primary amides is 1. The predicted molar refractivity (Wildman–Crippen MR) is 111 cm³/mol. The molecule has 0 saturated carbocycles. The summed E-state index contributed by atoms with van der Waals surface area (Å²) in [6, 6.07) is 7.27. The third-order valence-electron chi connectivity index (χ3n) is 4.67. The molecule has 148 valence electrons. The molecule has 0 spiro atoms. The highest BCUT2D eigenvalue weighted by Crippen LogP contribution is 2.46. The van der Waals surface area contributed by atoms with Crippen molar-refractivity contribution in [3.63, 3.8) is 0 Å². The molecule has 0 aromatic heterocycles. The van der Waals surface area contributed by atoms with E-state index in [4.69, 9.17) is 15.6 Å². The van der Waals surface area contributed by atoms with Crippen LogP contribution in [0.2, 0.25) is 0 Å². The van der Waals surface area contributed by atoms with Gasteiger partial charge in [0.05, 0.1) is 10.3 Å². The predicted octanol–water partition coefficient (Wildman–Crippen LogP) is 2.32. The normalized spacial score (nSPS) is 20.3. The fourth-order valence-electron chi connectivity index (χ4n) is 3.42. The average Bonchev–Trinajstić information content (AvgIpc) is 2.98. The van der Waals surface area contributed by atoms with Crippen LogP contribution in [0.3, 0.4) is 0 Å². The zero-order valence-corrected chi connectivity index (χ0v) is 17.5. The summed E-state index contributed by atoms with van der Waals surface area (Å²) >= 11 is 1.55. The number of ether oxygens (including phenoxy) is 1. The van der Waals surface area contributed by atoms with E-state index in [1.54, 1.807) is 23.9 Å². The van der Waals surface area contributed by atoms with Gasteiger partial charge < -0.3 is 25.8 Å². The van der Waals surface area contributed by atoms with Crippen LogP contribution in [0.1, 0.15) is 19.8 Å². The van der Waals surface area contributed by atoms with E-state index >= 15 is 0 Å². The molecule has 1 aromatic carbocycles. The Hall–Kier alpha value is -1.71. The van der Waals surface area contributed by atoms with Gasteiger partial charge in [-0.3, -0.25) is 4.79 Å². The maximum absolute atomic E-state index is 11.8. The van der Waals surface area contributed by atoms with Crippen LogP contribution in [0.5, 0.6) is 5.75 Å². The molecule has 7 nitrogen and oxygen atoms in total. The second-order valence-electron chi connectivity index (χ2n) is 6.42. The summed E-state index contributed by atoms with van der Waals surface area (Å²) in [6.07, 6.45) is 2.10. The third kappa shape index (κ3) is 4.97. The molecule has 4 N–H and O–H groups in total. The molecule has 1 fully saturated rings. The molecular weight excluding hydrogens is 434 g/mol. The Balaban J connectivity index is 0.00000261. The van der Waals surface area contributed by atoms with Gasteiger partial charge in [0.25, 0.3) is 5.91 Å². The van der Waals surface area contributed by atoms with Crippen molar-refractivity contribution in [2.75, 3.05) is 24.6 Å². The topological polar surface area (TPSA) is 105 Å². The number of piperidine rings is 1. The molecule has 0 aliphatic carbocycles. The molecular formula is C18H24BrN3O4S. The lowest BCUT2D eigenvalue weighted by Gasteiger charge is -2.35. The number of nitrogens with one attached hydrogen (secondary N) is 1. The number of hydrogen-bond donors (Lipinski definition) is 3. The Bertz CT molecular complexity index is 720. The SMILES string of the molecule is Br.CC1=C(C(N)=O)SC(C2CCNCC2)N1c1ccc(OCC(=O)O)cc1. The number of nitrogens with two attached hydrogens (primary N) is 1. The highest BCUT2D eigenvalue weighted by Gasteiger charge is 2.38. The summed E-state index contributed by atoms with van der Waals surface area (Å²) in [7, 11) is 0. The molecule has 3 rings (SSSR count). The number of carboxylic acid groups (broad SMARTS) is 1. The van der Waals surface area contributed by atoms with Crippen molar-refractivity contribution < 1.29 is 19.4 Å². The van der Waals surface area contributed by atoms with Gasteiger partial charge in [-0.1, -0.05) is 11.8 Å². The largest absolute Gasteiger partial charge is 0.482 e. The first kappa shape index (κ1) is 21.6. The standard InChI is InChI=1S/C18H23N3O4S.BrH/c1-11-16(17(19)24)26-18(12-6-8-20-9-7-12)21(11)13-2-4-14(5-3-13)25-10-15(22)23;/h2-5,12,18,20H,6-10H2,1H3,(H2,19,24)(H,22,23);1H. The Labute approximate surface area is 173 Å². The maximum atomic E-state index is 11.8. The van der Waals surface area contributed by atoms with Crippen molar-refractivity contribution in [1.29, 1.82) is 0 Å². The third-order valence-corrected chi connectivity index (χ3v) is 6.24. The number of amides is 1. The van der Waals surface area contributed by atoms with E-state index < -0.39 is 11.9 Å². The summed E-state index contributed by atoms with van der Waals surface area (Å²) in [6.45, 7) is 3.50. The molecule has 0 bridgehead atoms. The molecule has 1 amide bonds. The van der Waals surface area contributed by atoms with Crippen molar-refractivity contribution in [3.8, 4) is 5.75 Å². The smallest absolute Gasteiger partial charge is 0.341 e. The molecule has 1 aromatic rings. The monoisotopic (exact) mass is 457 g/mol. The van der Waals surface area contributed by atoms with E-state index in [1.807, 2.05) is 19.1 Å². The molecule has 9 heteroatoms. The molecule has 0 radical (unpaired) electrons. The Morgan fingerprint density at radius 2 is 1.93 bits per heavy atom. The number of nitrogens with zero attached hydrogens (tertiary/aromatic N) is 1. The van der Waals surface area contributed by atoms with Crippen LogP contribution in [-0.2, 0) is 9.59 Å². The van der Waals surface area contributed by atoms with Crippen LogP contribution < -0.4 is 20.7 Å². The number of rotatable bonds is 6. The number of aliphatic carboxylic acids is 1. The van der Waals surface area contributed by atoms with Crippen molar-refractivity contribution in [2.24, 2.45) is 11.7 Å². The van der Waals surface area contributed by atoms with Crippen molar-refractivity contribution in [3.05, 3.63) is 34.9 Å². The van der Waals surface area contributed by atoms with Crippen LogP contribution in [0.25, 0.3) is 0 Å². The number of benzene rings is 1. The van der Waals surface area contributed by atoms with Crippen molar-refractivity contribution in [1.82, 2.24) is 5.32 Å². The first-order chi connectivity index (χ1) is 12.5. The minimum atomic E-state index is -1.01. The number of anilines is 1. The number of hydrogen-bond acceptors (Lipinski definition) is 6. The van der Waals surface area contributed by atoms with Gasteiger partial charge in [0.2, 0.25) is 0 Å². The van der Waals surface area contributed by atoms with Gasteiger partial charge in [-0.25, -0.2) is 4.79 Å². The fraction of sp³-hybridized carbons (Fsp3) is 0.444. The molecule has 1 unspecified atom stereocenters. The highest BCUT2D eigenvalue weighted by atomic mass is 79.9. The zero-order chi connectivity index (χ0) is 18.7. The second-order valence-corrected chi connectivity index (χ2v) is 7.55. The number of thioether (sulfide) groups is 1. The van der Waals surface area contributed by atoms with Gasteiger partial charge in [-0.15, -0.1) is 17.0 Å². The molecule has 1 atom stereocenters. The molecule has 2 aliphatic heterocycles. The fourth-order valence-corrected chi connectivity index (χ4v) is 4.90. The minimum Gasteiger partial charge on any atom is -0.482 e. The van der Waals surface area contributed by atoms with Crippen molar-refractivity contribution >= 4 is 46.3 Å². The molecule has 2 heterocycles. The summed E-state index contributed by atoms with van der Waals surface area (Å²) in [5, 5.41) is 12.2. The number of carbonyl (C=O) groups is 2. The van der Waals surface area contributed by atoms with Gasteiger partial charge in [0.1, 0.15) is 5.75 Å². The van der Waals surface area contributed by atoms with E-state index in [0.29, 0.717) is 16.6 Å². The second kappa shape index (κ2) is 9.48. The Morgan fingerprint density at radius 3 is 2.48 bits per heavy atom. The van der Waals surface area contributed by atoms with E-state index in [-0.39, 0.29) is 29.0 Å². The number of halogens is 1. The zero-order valence-electron chi connectivity index (χ0n) is 15.0. The van der Waals surface area contributed by atoms with Crippen LogP contribution in [0, 0.1) is 5.92 Å². The number of carbonyl (C=O) groups excluding carboxylic acids is 1. The summed E-state index contributed by atoms with van der Waals surface area (Å²) in [4.78, 5) is 25.2. The maximum Gasteiger partial charge on any atom is 0.341 e. The van der Waals surface area contributed by atoms with Crippen LogP contribution in [0.15, 0.2) is 34.9 Å². The van der Waals surface area contributed by atoms with Gasteiger partial charge in [-0.2, -0.15) is 0 Å². The first-order valence-corrected chi connectivity index (χ1v) is 9.47. The minimum absolute atomic E-state index is 0. The summed E-state index contributed by atoms with van der Waals surface area (Å²) in [5.41, 5.74) is 7.39. The lowest BCUT2D eigenvalue weighted by atomic mass is 9.96. The van der Waals surface area contributed by atoms with Gasteiger partial charge >= 0.3 is 5.97 Å². The van der Waals surface area contributed by atoms with Crippen molar-refractivity contribution in [2.45, 2.75) is 25.1 Å². The van der Waals surface area contributed by atoms with E-state index in [1.165, 1.54) is 0 Å². The van der Waals surface area contributed by atoms with Crippen LogP contribution in [-0.4, -0.2) is 42.1 Å². The quantitative estimate of drug-likeness (QED) is 0.601. The lowest BCUT2D eigenvalue weighted by Crippen LogP contribution is -2.40. The number of carboxylic acids is 1. The first-order valence-electron chi connectivity index (χ1n) is 8.59. The summed E-state index contributed by atoms with van der Waals surface area (Å²) in [5.74, 6) is -0.453. The number of allylic oxidation sites excluding steroid dienone is 1. The molecule has 2 aliphatic rings. The van der Waals surface area contributed by atoms with Gasteiger partial charge in [0.15, 0.2) is 6.61 Å². The van der Waals surface area contributed by atoms with E-state index in [0.717, 1.165) is 37.3 Å². The average molecular weight is 458 g/mol. The van der Waals surface area contributed by atoms with Crippen LogP contribution >= 0.6 is 28.7 Å². The van der Waals surface area contributed by atoms with Gasteiger partial charge in [0, 0.05) is 11.4 Å². The Kier molecular flexibility index (Phi) is 7.58. The molecule has 27 heavy (non-hydrogen) atoms. The lowest BCUT2D eigenvalue weighted by molar-refractivity contribution is -0.139. The van der Waals surface area contributed by atoms with E-state index in [9.17, 15) is 9.59 Å². The van der Waals surface area contributed by atoms with Crippen LogP contribution in [0.4, 0.5) is 5.69 Å². The van der Waals surface area contributed by atoms with Gasteiger partial charge in [-0.05, 0) is 63.0 Å². The molecule has 1 saturated heterocycles. The highest BCUT2D eigenvalue weighted by molar-refractivity contribution is 8.93.